The van der Waals surface area contributed by atoms with Gasteiger partial charge >= 0.3 is 0 Å². The summed E-state index contributed by atoms with van der Waals surface area (Å²) in [6, 6.07) is 0. The minimum atomic E-state index is 0.789. The molecule has 0 aromatic heterocycles. The minimum absolute atomic E-state index is 0.789. The molecule has 19 heavy (non-hydrogen) atoms. The molecule has 0 aromatic carbocycles. The molecule has 3 fully saturated rings. The fourth-order valence-electron chi connectivity index (χ4n) is 6.71. The molecule has 4 aliphatic rings. The van der Waals surface area contributed by atoms with Crippen molar-refractivity contribution >= 4 is 0 Å². The van der Waals surface area contributed by atoms with Crippen LogP contribution in [-0.2, 0) is 0 Å². The van der Waals surface area contributed by atoms with Crippen molar-refractivity contribution < 1.29 is 0 Å². The number of allylic oxidation sites excluding steroid dienone is 2. The second kappa shape index (κ2) is 4.64. The monoisotopic (exact) mass is 258 g/mol. The van der Waals surface area contributed by atoms with E-state index in [1.165, 1.54) is 38.5 Å². The van der Waals surface area contributed by atoms with Gasteiger partial charge in [0.05, 0.1) is 0 Å². The highest BCUT2D eigenvalue weighted by molar-refractivity contribution is 5.17. The maximum absolute atomic E-state index is 2.63. The van der Waals surface area contributed by atoms with Crippen LogP contribution in [0.25, 0.3) is 0 Å². The standard InChI is InChI=1S/C19H30/c1-2-19-12-5-8-18(19)17-10-9-14-6-3-4-7-15(14)16(17)11-13-19/h6,15-18H,2-5,7-13H2,1H3/t15-,16+,17+,18-,19-/m0/s1. The summed E-state index contributed by atoms with van der Waals surface area (Å²) in [5.41, 5.74) is 2.67. The molecule has 0 N–H and O–H groups in total. The van der Waals surface area contributed by atoms with Crippen LogP contribution in [0.2, 0.25) is 0 Å². The highest BCUT2D eigenvalue weighted by Crippen LogP contribution is 2.63. The van der Waals surface area contributed by atoms with Gasteiger partial charge in [-0.25, -0.2) is 0 Å². The zero-order valence-electron chi connectivity index (χ0n) is 12.7. The van der Waals surface area contributed by atoms with Gasteiger partial charge in [0.2, 0.25) is 0 Å². The van der Waals surface area contributed by atoms with E-state index in [-0.39, 0.29) is 0 Å². The smallest absolute Gasteiger partial charge is 0.0172 e. The van der Waals surface area contributed by atoms with E-state index in [1.807, 2.05) is 5.57 Å². The molecule has 4 aliphatic carbocycles. The first kappa shape index (κ1) is 12.5. The first-order valence-corrected chi connectivity index (χ1v) is 9.03. The van der Waals surface area contributed by atoms with Gasteiger partial charge in [-0.15, -0.1) is 0 Å². The fraction of sp³-hybridized carbons (Fsp3) is 0.895. The van der Waals surface area contributed by atoms with E-state index in [0.29, 0.717) is 0 Å². The Morgan fingerprint density at radius 1 is 1.05 bits per heavy atom. The second-order valence-electron chi connectivity index (χ2n) is 7.94. The maximum atomic E-state index is 2.63. The lowest BCUT2D eigenvalue weighted by Gasteiger charge is -2.53. The lowest BCUT2D eigenvalue weighted by atomic mass is 9.51. The van der Waals surface area contributed by atoms with E-state index in [0.717, 1.165) is 29.1 Å². The van der Waals surface area contributed by atoms with Gasteiger partial charge in [0.25, 0.3) is 0 Å². The molecule has 106 valence electrons. The van der Waals surface area contributed by atoms with Crippen LogP contribution in [0.1, 0.15) is 77.6 Å². The normalized spacial score (nSPS) is 49.0. The molecule has 0 aromatic rings. The van der Waals surface area contributed by atoms with Gasteiger partial charge in [0.1, 0.15) is 0 Å². The zero-order valence-corrected chi connectivity index (χ0v) is 12.7. The minimum Gasteiger partial charge on any atom is -0.0850 e. The van der Waals surface area contributed by atoms with Crippen molar-refractivity contribution in [2.24, 2.45) is 29.1 Å². The summed E-state index contributed by atoms with van der Waals surface area (Å²) in [4.78, 5) is 0. The Bertz CT molecular complexity index is 379. The predicted molar refractivity (Wildman–Crippen MR) is 80.9 cm³/mol. The molecule has 0 amide bonds. The summed E-state index contributed by atoms with van der Waals surface area (Å²) in [6.45, 7) is 2.48. The molecule has 0 saturated heterocycles. The van der Waals surface area contributed by atoms with Gasteiger partial charge in [0, 0.05) is 0 Å². The van der Waals surface area contributed by atoms with E-state index >= 15 is 0 Å². The van der Waals surface area contributed by atoms with E-state index in [2.05, 4.69) is 13.0 Å². The molecule has 5 atom stereocenters. The fourth-order valence-corrected chi connectivity index (χ4v) is 6.71. The molecule has 0 nitrogen and oxygen atoms in total. The summed E-state index contributed by atoms with van der Waals surface area (Å²) in [7, 11) is 0. The Hall–Kier alpha value is -0.260. The molecule has 0 aliphatic heterocycles. The molecule has 0 heterocycles. The number of hydrogen-bond donors (Lipinski definition) is 0. The van der Waals surface area contributed by atoms with Crippen LogP contribution in [-0.4, -0.2) is 0 Å². The van der Waals surface area contributed by atoms with E-state index in [4.69, 9.17) is 0 Å². The molecular weight excluding hydrogens is 228 g/mol. The summed E-state index contributed by atoms with van der Waals surface area (Å²) in [5.74, 6) is 4.32. The molecular formula is C19H30. The zero-order chi connectivity index (χ0) is 12.9. The Balaban J connectivity index is 1.62. The average molecular weight is 258 g/mol. The third kappa shape index (κ3) is 1.78. The Morgan fingerprint density at radius 2 is 2.00 bits per heavy atom. The molecule has 0 unspecified atom stereocenters. The quantitative estimate of drug-likeness (QED) is 0.527. The molecule has 3 saturated carbocycles. The van der Waals surface area contributed by atoms with Gasteiger partial charge in [-0.1, -0.05) is 31.4 Å². The first-order valence-electron chi connectivity index (χ1n) is 9.03. The largest absolute Gasteiger partial charge is 0.0850 e. The topological polar surface area (TPSA) is 0 Å². The number of hydrogen-bond acceptors (Lipinski definition) is 0. The van der Waals surface area contributed by atoms with Crippen LogP contribution in [0.5, 0.6) is 0 Å². The first-order chi connectivity index (χ1) is 9.34. The summed E-state index contributed by atoms with van der Waals surface area (Å²) in [6.07, 6.45) is 19.3. The van der Waals surface area contributed by atoms with Gasteiger partial charge in [0.15, 0.2) is 0 Å². The maximum Gasteiger partial charge on any atom is -0.0172 e. The van der Waals surface area contributed by atoms with Crippen LogP contribution < -0.4 is 0 Å². The van der Waals surface area contributed by atoms with Gasteiger partial charge < -0.3 is 0 Å². The SMILES string of the molecule is CC[C@@]12CCC[C@H]1[C@@H]1CCC3=CCCC[C@@H]3[C@H]1CC2. The van der Waals surface area contributed by atoms with Gasteiger partial charge in [-0.05, 0) is 86.9 Å². The van der Waals surface area contributed by atoms with Gasteiger partial charge in [-0.3, -0.25) is 0 Å². The van der Waals surface area contributed by atoms with E-state index < -0.39 is 0 Å². The third-order valence-corrected chi connectivity index (χ3v) is 7.61. The highest BCUT2D eigenvalue weighted by atomic mass is 14.6. The van der Waals surface area contributed by atoms with Crippen molar-refractivity contribution in [3.8, 4) is 0 Å². The van der Waals surface area contributed by atoms with Crippen LogP contribution in [0.15, 0.2) is 11.6 Å². The molecule has 0 heteroatoms. The van der Waals surface area contributed by atoms with Crippen molar-refractivity contribution in [2.45, 2.75) is 77.6 Å². The third-order valence-electron chi connectivity index (χ3n) is 7.61. The summed E-state index contributed by atoms with van der Waals surface area (Å²) in [5, 5.41) is 0. The highest BCUT2D eigenvalue weighted by Gasteiger charge is 2.53. The molecule has 0 bridgehead atoms. The van der Waals surface area contributed by atoms with Crippen molar-refractivity contribution in [3.05, 3.63) is 11.6 Å². The molecule has 0 spiro atoms. The van der Waals surface area contributed by atoms with Crippen molar-refractivity contribution in [1.29, 1.82) is 0 Å². The van der Waals surface area contributed by atoms with Crippen LogP contribution in [0.4, 0.5) is 0 Å². The Kier molecular flexibility index (Phi) is 3.05. The Labute approximate surface area is 119 Å². The molecule has 0 radical (unpaired) electrons. The lowest BCUT2D eigenvalue weighted by Crippen LogP contribution is -2.45. The van der Waals surface area contributed by atoms with Crippen LogP contribution in [0, 0.1) is 29.1 Å². The summed E-state index contributed by atoms with van der Waals surface area (Å²) >= 11 is 0. The van der Waals surface area contributed by atoms with Crippen LogP contribution >= 0.6 is 0 Å². The average Bonchev–Trinajstić information content (AvgIpc) is 2.91. The van der Waals surface area contributed by atoms with E-state index in [9.17, 15) is 0 Å². The molecule has 4 rings (SSSR count). The number of rotatable bonds is 1. The lowest BCUT2D eigenvalue weighted by molar-refractivity contribution is -0.0138. The predicted octanol–water partition coefficient (Wildman–Crippen LogP) is 5.73. The Morgan fingerprint density at radius 3 is 2.89 bits per heavy atom. The van der Waals surface area contributed by atoms with Crippen molar-refractivity contribution in [3.63, 3.8) is 0 Å². The van der Waals surface area contributed by atoms with Crippen LogP contribution in [0.3, 0.4) is 0 Å². The van der Waals surface area contributed by atoms with Crippen molar-refractivity contribution in [2.75, 3.05) is 0 Å². The van der Waals surface area contributed by atoms with Crippen molar-refractivity contribution in [1.82, 2.24) is 0 Å². The van der Waals surface area contributed by atoms with E-state index in [1.54, 1.807) is 32.1 Å². The van der Waals surface area contributed by atoms with Gasteiger partial charge in [-0.2, -0.15) is 0 Å². The second-order valence-corrected chi connectivity index (χ2v) is 7.94. The summed E-state index contributed by atoms with van der Waals surface area (Å²) < 4.78 is 0. The number of fused-ring (bicyclic) bond motifs is 5.